The van der Waals surface area contributed by atoms with Crippen LogP contribution in [0.15, 0.2) is 41.5 Å². The molecule has 24 heavy (non-hydrogen) atoms. The monoisotopic (exact) mass is 327 g/mol. The number of nitrogens with two attached hydrogens (primary N) is 1. The molecule has 0 radical (unpaired) electrons. The van der Waals surface area contributed by atoms with Crippen LogP contribution in [0.3, 0.4) is 0 Å². The van der Waals surface area contributed by atoms with Crippen molar-refractivity contribution in [1.29, 1.82) is 0 Å². The highest BCUT2D eigenvalue weighted by atomic mass is 16.5. The van der Waals surface area contributed by atoms with Gasteiger partial charge in [0, 0.05) is 18.5 Å². The fourth-order valence-corrected chi connectivity index (χ4v) is 2.48. The van der Waals surface area contributed by atoms with Gasteiger partial charge in [-0.15, -0.1) is 0 Å². The molecular weight excluding hydrogens is 310 g/mol. The van der Waals surface area contributed by atoms with E-state index in [1.54, 1.807) is 30.6 Å². The third kappa shape index (κ3) is 2.74. The number of ether oxygens (including phenoxy) is 2. The number of pyridine rings is 1. The Bertz CT molecular complexity index is 924. The van der Waals surface area contributed by atoms with Crippen LogP contribution >= 0.6 is 0 Å². The van der Waals surface area contributed by atoms with Crippen molar-refractivity contribution < 1.29 is 9.47 Å². The molecule has 124 valence electrons. The molecule has 0 unspecified atom stereocenters. The minimum absolute atomic E-state index is 0.238. The van der Waals surface area contributed by atoms with Crippen molar-refractivity contribution in [3.63, 3.8) is 0 Å². The number of nitrogens with one attached hydrogen (secondary N) is 1. The summed E-state index contributed by atoms with van der Waals surface area (Å²) < 4.78 is 12.0. The molecule has 8 nitrogen and oxygen atoms in total. The van der Waals surface area contributed by atoms with Gasteiger partial charge in [-0.25, -0.2) is 10.8 Å². The van der Waals surface area contributed by atoms with Gasteiger partial charge >= 0.3 is 0 Å². The predicted octanol–water partition coefficient (Wildman–Crippen LogP) is 1.14. The average Bonchev–Trinajstić information content (AvgIpc) is 2.63. The first-order chi connectivity index (χ1) is 11.7. The first kappa shape index (κ1) is 15.8. The van der Waals surface area contributed by atoms with E-state index in [0.717, 1.165) is 5.56 Å². The molecule has 0 saturated heterocycles. The second-order valence-electron chi connectivity index (χ2n) is 5.06. The van der Waals surface area contributed by atoms with E-state index in [1.165, 1.54) is 18.8 Å². The molecular formula is C16H17N5O3. The quantitative estimate of drug-likeness (QED) is 0.535. The van der Waals surface area contributed by atoms with Crippen molar-refractivity contribution >= 4 is 16.9 Å². The zero-order valence-corrected chi connectivity index (χ0v) is 13.3. The maximum atomic E-state index is 12.9. The maximum Gasteiger partial charge on any atom is 0.263 e. The van der Waals surface area contributed by atoms with E-state index in [0.29, 0.717) is 28.9 Å². The molecule has 8 heteroatoms. The topological polar surface area (TPSA) is 104 Å². The molecule has 0 aliphatic heterocycles. The van der Waals surface area contributed by atoms with Gasteiger partial charge in [-0.1, -0.05) is 6.07 Å². The standard InChI is InChI=1S/C16H17N5O3/c1-23-13-6-11-12(7-14(13)24-2)19-16(20-17)21(15(11)22)9-10-4-3-5-18-8-10/h3-8H,9,17H2,1-2H3,(H,19,20). The van der Waals surface area contributed by atoms with Crippen LogP contribution in [0.5, 0.6) is 11.5 Å². The molecule has 0 spiro atoms. The summed E-state index contributed by atoms with van der Waals surface area (Å²) in [4.78, 5) is 21.4. The van der Waals surface area contributed by atoms with Crippen LogP contribution in [0.4, 0.5) is 5.95 Å². The number of benzene rings is 1. The van der Waals surface area contributed by atoms with E-state index >= 15 is 0 Å². The lowest BCUT2D eigenvalue weighted by Gasteiger charge is -2.14. The molecule has 0 atom stereocenters. The smallest absolute Gasteiger partial charge is 0.263 e. The third-order valence-corrected chi connectivity index (χ3v) is 3.65. The highest BCUT2D eigenvalue weighted by molar-refractivity contribution is 5.83. The summed E-state index contributed by atoms with van der Waals surface area (Å²) in [6.07, 6.45) is 3.36. The summed E-state index contributed by atoms with van der Waals surface area (Å²) in [6.45, 7) is 0.295. The fourth-order valence-electron chi connectivity index (χ4n) is 2.48. The first-order valence-corrected chi connectivity index (χ1v) is 7.20. The average molecular weight is 327 g/mol. The van der Waals surface area contributed by atoms with Gasteiger partial charge in [-0.05, 0) is 17.7 Å². The van der Waals surface area contributed by atoms with E-state index < -0.39 is 0 Å². The zero-order chi connectivity index (χ0) is 17.1. The van der Waals surface area contributed by atoms with Crippen molar-refractivity contribution in [3.8, 4) is 11.5 Å². The lowest BCUT2D eigenvalue weighted by molar-refractivity contribution is 0.355. The molecule has 2 aromatic heterocycles. The molecule has 1 aromatic carbocycles. The Morgan fingerprint density at radius 1 is 1.25 bits per heavy atom. The second-order valence-corrected chi connectivity index (χ2v) is 5.06. The summed E-state index contributed by atoms with van der Waals surface area (Å²) in [6, 6.07) is 6.94. The van der Waals surface area contributed by atoms with Gasteiger partial charge in [0.2, 0.25) is 5.95 Å². The molecule has 3 N–H and O–H groups in total. The molecule has 3 rings (SSSR count). The Morgan fingerprint density at radius 2 is 2.00 bits per heavy atom. The van der Waals surface area contributed by atoms with E-state index in [-0.39, 0.29) is 11.5 Å². The van der Waals surface area contributed by atoms with E-state index in [4.69, 9.17) is 15.3 Å². The van der Waals surface area contributed by atoms with Gasteiger partial charge in [0.15, 0.2) is 11.5 Å². The van der Waals surface area contributed by atoms with E-state index in [1.807, 2.05) is 6.07 Å². The van der Waals surface area contributed by atoms with Crippen molar-refractivity contribution in [2.45, 2.75) is 6.54 Å². The van der Waals surface area contributed by atoms with Crippen LogP contribution in [0, 0.1) is 0 Å². The predicted molar refractivity (Wildman–Crippen MR) is 90.3 cm³/mol. The molecule has 0 aliphatic rings. The van der Waals surface area contributed by atoms with Crippen molar-refractivity contribution in [3.05, 3.63) is 52.6 Å². The number of nitrogen functional groups attached to an aromatic ring is 1. The molecule has 3 aromatic rings. The SMILES string of the molecule is COc1cc2nc(NN)n(Cc3cccnc3)c(=O)c2cc1OC. The lowest BCUT2D eigenvalue weighted by atomic mass is 10.2. The summed E-state index contributed by atoms with van der Waals surface area (Å²) in [5.41, 5.74) is 3.56. The van der Waals surface area contributed by atoms with E-state index in [2.05, 4.69) is 15.4 Å². The van der Waals surface area contributed by atoms with Crippen molar-refractivity contribution in [2.24, 2.45) is 5.84 Å². The molecule has 0 bridgehead atoms. The highest BCUT2D eigenvalue weighted by Crippen LogP contribution is 2.30. The Balaban J connectivity index is 2.22. The number of fused-ring (bicyclic) bond motifs is 1. The number of aromatic nitrogens is 3. The van der Waals surface area contributed by atoms with Crippen LogP contribution in [-0.2, 0) is 6.54 Å². The Hall–Kier alpha value is -3.13. The van der Waals surface area contributed by atoms with Crippen LogP contribution in [-0.4, -0.2) is 28.8 Å². The van der Waals surface area contributed by atoms with Crippen LogP contribution in [0.1, 0.15) is 5.56 Å². The third-order valence-electron chi connectivity index (χ3n) is 3.65. The number of hydrazine groups is 1. The number of anilines is 1. The van der Waals surface area contributed by atoms with Crippen molar-refractivity contribution in [2.75, 3.05) is 19.6 Å². The first-order valence-electron chi connectivity index (χ1n) is 7.20. The summed E-state index contributed by atoms with van der Waals surface area (Å²) in [5, 5.41) is 0.413. The Labute approximate surface area is 137 Å². The molecule has 0 aliphatic carbocycles. The highest BCUT2D eigenvalue weighted by Gasteiger charge is 2.15. The molecule has 0 amide bonds. The normalized spacial score (nSPS) is 10.6. The lowest BCUT2D eigenvalue weighted by Crippen LogP contribution is -2.27. The van der Waals surface area contributed by atoms with Gasteiger partial charge in [0.05, 0.1) is 31.7 Å². The van der Waals surface area contributed by atoms with Gasteiger partial charge in [-0.3, -0.25) is 19.8 Å². The van der Waals surface area contributed by atoms with Crippen LogP contribution in [0.25, 0.3) is 10.9 Å². The molecule has 0 saturated carbocycles. The summed E-state index contributed by atoms with van der Waals surface area (Å²) in [5.74, 6) is 6.75. The maximum absolute atomic E-state index is 12.9. The Kier molecular flexibility index (Phi) is 4.30. The minimum Gasteiger partial charge on any atom is -0.493 e. The van der Waals surface area contributed by atoms with Gasteiger partial charge in [0.25, 0.3) is 5.56 Å². The number of hydrogen-bond acceptors (Lipinski definition) is 7. The summed E-state index contributed by atoms with van der Waals surface area (Å²) >= 11 is 0. The number of nitrogens with zero attached hydrogens (tertiary/aromatic N) is 3. The van der Waals surface area contributed by atoms with Gasteiger partial charge in [-0.2, -0.15) is 0 Å². The summed E-state index contributed by atoms with van der Waals surface area (Å²) in [7, 11) is 3.04. The van der Waals surface area contributed by atoms with Crippen LogP contribution < -0.4 is 26.3 Å². The number of rotatable bonds is 5. The largest absolute Gasteiger partial charge is 0.493 e. The molecule has 0 fully saturated rings. The van der Waals surface area contributed by atoms with Crippen LogP contribution in [0.2, 0.25) is 0 Å². The number of hydrogen-bond donors (Lipinski definition) is 2. The molecule has 2 heterocycles. The van der Waals surface area contributed by atoms with Crippen molar-refractivity contribution in [1.82, 2.24) is 14.5 Å². The minimum atomic E-state index is -0.238. The fraction of sp³-hybridized carbons (Fsp3) is 0.188. The second kappa shape index (κ2) is 6.55. The number of methoxy groups -OCH3 is 2. The zero-order valence-electron chi connectivity index (χ0n) is 13.3. The van der Waals surface area contributed by atoms with Gasteiger partial charge < -0.3 is 9.47 Å². The van der Waals surface area contributed by atoms with E-state index in [9.17, 15) is 4.79 Å². The Morgan fingerprint density at radius 3 is 2.62 bits per heavy atom. The van der Waals surface area contributed by atoms with Gasteiger partial charge in [0.1, 0.15) is 0 Å².